The van der Waals surface area contributed by atoms with E-state index in [2.05, 4.69) is 16.9 Å². The molecule has 13 heavy (non-hydrogen) atoms. The number of nitrogens with zero attached hydrogens (tertiary/aromatic N) is 2. The van der Waals surface area contributed by atoms with E-state index in [1.54, 1.807) is 11.8 Å². The van der Waals surface area contributed by atoms with Crippen LogP contribution in [0, 0.1) is 0 Å². The minimum absolute atomic E-state index is 0.0587. The van der Waals surface area contributed by atoms with E-state index in [9.17, 15) is 0 Å². The molecule has 0 aromatic rings. The summed E-state index contributed by atoms with van der Waals surface area (Å²) in [4.78, 5) is 7.70. The Bertz CT molecular complexity index is 197. The standard InChI is InChI=1S/C7H17N5S/c1-3-13-4-5(2)11-7(10)12-6(8)9/h5H,3-4H2,1-2H3,(H6,8,9,10,11,12). The molecule has 0 aliphatic rings. The van der Waals surface area contributed by atoms with Crippen LogP contribution in [-0.2, 0) is 0 Å². The van der Waals surface area contributed by atoms with Crippen LogP contribution in [0.3, 0.4) is 0 Å². The molecule has 0 heterocycles. The number of nitrogens with two attached hydrogens (primary N) is 3. The highest BCUT2D eigenvalue weighted by atomic mass is 32.2. The van der Waals surface area contributed by atoms with Crippen molar-refractivity contribution in [1.29, 1.82) is 0 Å². The molecular formula is C7H17N5S. The molecule has 6 N–H and O–H groups in total. The van der Waals surface area contributed by atoms with E-state index in [4.69, 9.17) is 17.2 Å². The molecule has 0 aliphatic heterocycles. The lowest BCUT2D eigenvalue weighted by atomic mass is 10.4. The summed E-state index contributed by atoms with van der Waals surface area (Å²) in [5, 5.41) is 0. The third kappa shape index (κ3) is 7.45. The van der Waals surface area contributed by atoms with Gasteiger partial charge in [-0.15, -0.1) is 0 Å². The normalized spacial score (nSPS) is 13.8. The van der Waals surface area contributed by atoms with Gasteiger partial charge in [0, 0.05) is 5.75 Å². The SMILES string of the molecule is CCSCC(C)N=C(N)N=C(N)N. The average molecular weight is 203 g/mol. The first-order valence-corrected chi connectivity index (χ1v) is 5.22. The molecule has 0 spiro atoms. The van der Waals surface area contributed by atoms with Crippen molar-refractivity contribution < 1.29 is 0 Å². The van der Waals surface area contributed by atoms with Crippen LogP contribution in [0.5, 0.6) is 0 Å². The van der Waals surface area contributed by atoms with E-state index < -0.39 is 0 Å². The van der Waals surface area contributed by atoms with E-state index >= 15 is 0 Å². The van der Waals surface area contributed by atoms with Gasteiger partial charge in [-0.25, -0.2) is 4.99 Å². The zero-order valence-electron chi connectivity index (χ0n) is 8.03. The summed E-state index contributed by atoms with van der Waals surface area (Å²) < 4.78 is 0. The molecule has 0 bridgehead atoms. The zero-order chi connectivity index (χ0) is 10.3. The zero-order valence-corrected chi connectivity index (χ0v) is 8.84. The van der Waals surface area contributed by atoms with Crippen LogP contribution in [0.15, 0.2) is 9.98 Å². The smallest absolute Gasteiger partial charge is 0.218 e. The minimum atomic E-state index is -0.0587. The van der Waals surface area contributed by atoms with Crippen LogP contribution in [-0.4, -0.2) is 29.5 Å². The molecule has 0 fully saturated rings. The summed E-state index contributed by atoms with van der Waals surface area (Å²) in [6.45, 7) is 4.07. The molecule has 0 saturated carbocycles. The maximum Gasteiger partial charge on any atom is 0.218 e. The summed E-state index contributed by atoms with van der Waals surface area (Å²) in [7, 11) is 0. The Morgan fingerprint density at radius 1 is 1.38 bits per heavy atom. The van der Waals surface area contributed by atoms with Gasteiger partial charge in [0.2, 0.25) is 5.96 Å². The van der Waals surface area contributed by atoms with Gasteiger partial charge in [-0.3, -0.25) is 0 Å². The van der Waals surface area contributed by atoms with Crippen LogP contribution in [0.2, 0.25) is 0 Å². The van der Waals surface area contributed by atoms with Crippen molar-refractivity contribution in [3.8, 4) is 0 Å². The summed E-state index contributed by atoms with van der Waals surface area (Å²) in [6, 6.07) is 0.146. The summed E-state index contributed by atoms with van der Waals surface area (Å²) >= 11 is 1.80. The number of thioether (sulfide) groups is 1. The molecule has 1 atom stereocenters. The predicted molar refractivity (Wildman–Crippen MR) is 59.9 cm³/mol. The number of guanidine groups is 2. The predicted octanol–water partition coefficient (Wildman–Crippen LogP) is -0.284. The van der Waals surface area contributed by atoms with Crippen molar-refractivity contribution in [3.05, 3.63) is 0 Å². The Kier molecular flexibility index (Phi) is 6.13. The highest BCUT2D eigenvalue weighted by Crippen LogP contribution is 2.04. The average Bonchev–Trinajstić information content (AvgIpc) is 1.98. The second-order valence-electron chi connectivity index (χ2n) is 2.53. The second-order valence-corrected chi connectivity index (χ2v) is 3.85. The lowest BCUT2D eigenvalue weighted by Gasteiger charge is -2.04. The van der Waals surface area contributed by atoms with Crippen LogP contribution < -0.4 is 17.2 Å². The lowest BCUT2D eigenvalue weighted by Crippen LogP contribution is -2.27. The molecule has 76 valence electrons. The molecule has 5 nitrogen and oxygen atoms in total. The van der Waals surface area contributed by atoms with Crippen LogP contribution in [0.25, 0.3) is 0 Å². The molecule has 0 aromatic carbocycles. The molecule has 0 amide bonds. The van der Waals surface area contributed by atoms with Gasteiger partial charge in [0.05, 0.1) is 6.04 Å². The molecule has 0 aliphatic carbocycles. The highest BCUT2D eigenvalue weighted by molar-refractivity contribution is 7.99. The number of aliphatic imine (C=N–C) groups is 2. The van der Waals surface area contributed by atoms with E-state index in [1.807, 2.05) is 6.92 Å². The van der Waals surface area contributed by atoms with Gasteiger partial charge in [0.25, 0.3) is 0 Å². The quantitative estimate of drug-likeness (QED) is 0.431. The van der Waals surface area contributed by atoms with E-state index in [1.165, 1.54) is 0 Å². The number of rotatable bonds is 4. The molecule has 0 radical (unpaired) electrons. The Hall–Kier alpha value is -0.910. The maximum atomic E-state index is 5.44. The Morgan fingerprint density at radius 2 is 2.00 bits per heavy atom. The van der Waals surface area contributed by atoms with Crippen LogP contribution in [0.1, 0.15) is 13.8 Å². The fourth-order valence-electron chi connectivity index (χ4n) is 0.713. The summed E-state index contributed by atoms with van der Waals surface area (Å²) in [6.07, 6.45) is 0. The molecule has 6 heteroatoms. The highest BCUT2D eigenvalue weighted by Gasteiger charge is 1.99. The van der Waals surface area contributed by atoms with Crippen molar-refractivity contribution in [2.75, 3.05) is 11.5 Å². The van der Waals surface area contributed by atoms with Crippen molar-refractivity contribution in [2.24, 2.45) is 27.2 Å². The molecule has 0 aromatic heterocycles. The molecule has 1 unspecified atom stereocenters. The van der Waals surface area contributed by atoms with Crippen molar-refractivity contribution in [2.45, 2.75) is 19.9 Å². The largest absolute Gasteiger partial charge is 0.370 e. The fourth-order valence-corrected chi connectivity index (χ4v) is 1.36. The van der Waals surface area contributed by atoms with Crippen LogP contribution in [0.4, 0.5) is 0 Å². The lowest BCUT2D eigenvalue weighted by molar-refractivity contribution is 0.844. The first-order valence-electron chi connectivity index (χ1n) is 4.07. The fraction of sp³-hybridized carbons (Fsp3) is 0.714. The number of hydrogen-bond donors (Lipinski definition) is 3. The molecule has 0 saturated heterocycles. The maximum absolute atomic E-state index is 5.44. The third-order valence-electron chi connectivity index (χ3n) is 1.16. The Morgan fingerprint density at radius 3 is 2.46 bits per heavy atom. The van der Waals surface area contributed by atoms with Gasteiger partial charge in [-0.2, -0.15) is 16.8 Å². The molecular weight excluding hydrogens is 186 g/mol. The van der Waals surface area contributed by atoms with E-state index in [0.717, 1.165) is 11.5 Å². The number of hydrogen-bond acceptors (Lipinski definition) is 2. The van der Waals surface area contributed by atoms with Gasteiger partial charge in [-0.1, -0.05) is 6.92 Å². The first kappa shape index (κ1) is 12.1. The van der Waals surface area contributed by atoms with E-state index in [-0.39, 0.29) is 18.0 Å². The Balaban J connectivity index is 3.98. The van der Waals surface area contributed by atoms with Gasteiger partial charge < -0.3 is 17.2 Å². The van der Waals surface area contributed by atoms with Crippen molar-refractivity contribution in [1.82, 2.24) is 0 Å². The second kappa shape index (κ2) is 6.59. The summed E-state index contributed by atoms with van der Waals surface area (Å²) in [5.41, 5.74) is 15.7. The van der Waals surface area contributed by atoms with Gasteiger partial charge >= 0.3 is 0 Å². The van der Waals surface area contributed by atoms with Crippen LogP contribution >= 0.6 is 11.8 Å². The first-order chi connectivity index (χ1) is 6.06. The topological polar surface area (TPSA) is 103 Å². The van der Waals surface area contributed by atoms with Gasteiger partial charge in [0.15, 0.2) is 5.96 Å². The molecule has 0 rings (SSSR count). The minimum Gasteiger partial charge on any atom is -0.370 e. The Labute approximate surface area is 82.9 Å². The van der Waals surface area contributed by atoms with Crippen molar-refractivity contribution in [3.63, 3.8) is 0 Å². The van der Waals surface area contributed by atoms with Crippen molar-refractivity contribution >= 4 is 23.7 Å². The summed E-state index contributed by atoms with van der Waals surface area (Å²) in [5.74, 6) is 2.08. The van der Waals surface area contributed by atoms with Gasteiger partial charge in [0.1, 0.15) is 0 Å². The van der Waals surface area contributed by atoms with E-state index in [0.29, 0.717) is 0 Å². The van der Waals surface area contributed by atoms with Gasteiger partial charge in [-0.05, 0) is 12.7 Å². The monoisotopic (exact) mass is 203 g/mol. The third-order valence-corrected chi connectivity index (χ3v) is 2.29.